The molecule has 1 aliphatic rings. The first-order valence-electron chi connectivity index (χ1n) is 7.39. The van der Waals surface area contributed by atoms with E-state index in [0.717, 1.165) is 5.56 Å². The average molecular weight is 290 g/mol. The Labute approximate surface area is 124 Å². The highest BCUT2D eigenvalue weighted by Crippen LogP contribution is 2.20. The molecule has 1 aliphatic heterocycles. The predicted molar refractivity (Wildman–Crippen MR) is 79.5 cm³/mol. The summed E-state index contributed by atoms with van der Waals surface area (Å²) in [5.74, 6) is -0.987. The van der Waals surface area contributed by atoms with Gasteiger partial charge in [0.2, 0.25) is 5.91 Å². The Kier molecular flexibility index (Phi) is 5.33. The van der Waals surface area contributed by atoms with Crippen molar-refractivity contribution in [2.75, 3.05) is 13.1 Å². The molecule has 0 bridgehead atoms. The smallest absolute Gasteiger partial charge is 0.306 e. The van der Waals surface area contributed by atoms with Gasteiger partial charge in [-0.25, -0.2) is 0 Å². The van der Waals surface area contributed by atoms with Gasteiger partial charge in [0.15, 0.2) is 0 Å². The first kappa shape index (κ1) is 15.5. The molecule has 0 radical (unpaired) electrons. The zero-order chi connectivity index (χ0) is 15.2. The average Bonchev–Trinajstić information content (AvgIpc) is 2.53. The third-order valence-electron chi connectivity index (χ3n) is 4.09. The lowest BCUT2D eigenvalue weighted by Crippen LogP contribution is -2.40. The first-order valence-corrected chi connectivity index (χ1v) is 7.39. The van der Waals surface area contributed by atoms with Crippen LogP contribution in [0, 0.1) is 5.92 Å². The van der Waals surface area contributed by atoms with E-state index in [0.29, 0.717) is 38.8 Å². The van der Waals surface area contributed by atoms with Gasteiger partial charge in [-0.1, -0.05) is 30.3 Å². The van der Waals surface area contributed by atoms with Crippen LogP contribution in [0.1, 0.15) is 37.3 Å². The fourth-order valence-corrected chi connectivity index (χ4v) is 2.68. The van der Waals surface area contributed by atoms with Crippen molar-refractivity contribution >= 4 is 11.9 Å². The summed E-state index contributed by atoms with van der Waals surface area (Å²) in [7, 11) is 0. The lowest BCUT2D eigenvalue weighted by Gasteiger charge is -2.30. The van der Waals surface area contributed by atoms with Crippen LogP contribution in [0.15, 0.2) is 30.3 Å². The van der Waals surface area contributed by atoms with E-state index < -0.39 is 5.97 Å². The molecule has 0 aromatic heterocycles. The number of carbonyl (C=O) groups excluding carboxylic acids is 1. The molecule has 5 nitrogen and oxygen atoms in total. The van der Waals surface area contributed by atoms with E-state index in [1.165, 1.54) is 0 Å². The van der Waals surface area contributed by atoms with E-state index >= 15 is 0 Å². The molecule has 3 N–H and O–H groups in total. The normalized spacial score (nSPS) is 17.5. The second-order valence-corrected chi connectivity index (χ2v) is 5.55. The van der Waals surface area contributed by atoms with Gasteiger partial charge in [0.05, 0.1) is 5.92 Å². The molecule has 1 heterocycles. The van der Waals surface area contributed by atoms with E-state index in [9.17, 15) is 9.59 Å². The SMILES string of the molecule is NC(CCC(=O)N1CCC(C(=O)O)CC1)c1ccccc1. The Morgan fingerprint density at radius 1 is 1.24 bits per heavy atom. The molecular formula is C16H22N2O3. The number of rotatable bonds is 5. The van der Waals surface area contributed by atoms with Crippen LogP contribution in [0.2, 0.25) is 0 Å². The molecule has 1 saturated heterocycles. The zero-order valence-corrected chi connectivity index (χ0v) is 12.1. The van der Waals surface area contributed by atoms with E-state index in [-0.39, 0.29) is 17.9 Å². The summed E-state index contributed by atoms with van der Waals surface area (Å²) in [5, 5.41) is 8.95. The number of likely N-dealkylation sites (tertiary alicyclic amines) is 1. The van der Waals surface area contributed by atoms with Gasteiger partial charge in [0.25, 0.3) is 0 Å². The second-order valence-electron chi connectivity index (χ2n) is 5.55. The largest absolute Gasteiger partial charge is 0.481 e. The molecule has 5 heteroatoms. The van der Waals surface area contributed by atoms with Crippen LogP contribution in [0.25, 0.3) is 0 Å². The molecule has 2 rings (SSSR count). The number of nitrogens with zero attached hydrogens (tertiary/aromatic N) is 1. The molecule has 1 unspecified atom stereocenters. The number of carboxylic acids is 1. The van der Waals surface area contributed by atoms with Gasteiger partial charge in [-0.15, -0.1) is 0 Å². The molecule has 1 amide bonds. The van der Waals surface area contributed by atoms with Crippen LogP contribution in [0.5, 0.6) is 0 Å². The van der Waals surface area contributed by atoms with Crippen molar-refractivity contribution < 1.29 is 14.7 Å². The van der Waals surface area contributed by atoms with Crippen LogP contribution in [0.3, 0.4) is 0 Å². The monoisotopic (exact) mass is 290 g/mol. The number of carboxylic acid groups (broad SMARTS) is 1. The minimum Gasteiger partial charge on any atom is -0.481 e. The highest BCUT2D eigenvalue weighted by atomic mass is 16.4. The molecule has 0 spiro atoms. The van der Waals surface area contributed by atoms with Crippen LogP contribution in [-0.2, 0) is 9.59 Å². The summed E-state index contributed by atoms with van der Waals surface area (Å²) in [6.07, 6.45) is 2.12. The molecule has 1 fully saturated rings. The van der Waals surface area contributed by atoms with Crippen molar-refractivity contribution in [3.63, 3.8) is 0 Å². The standard InChI is InChI=1S/C16H22N2O3/c17-14(12-4-2-1-3-5-12)6-7-15(19)18-10-8-13(9-11-18)16(20)21/h1-5,13-14H,6-11,17H2,(H,20,21). The van der Waals surface area contributed by atoms with Gasteiger partial charge in [-0.3, -0.25) is 9.59 Å². The van der Waals surface area contributed by atoms with Crippen molar-refractivity contribution in [2.24, 2.45) is 11.7 Å². The van der Waals surface area contributed by atoms with Crippen molar-refractivity contribution in [3.8, 4) is 0 Å². The topological polar surface area (TPSA) is 83.6 Å². The Morgan fingerprint density at radius 2 is 1.86 bits per heavy atom. The Hall–Kier alpha value is -1.88. The van der Waals surface area contributed by atoms with Crippen LogP contribution >= 0.6 is 0 Å². The van der Waals surface area contributed by atoms with Crippen LogP contribution in [-0.4, -0.2) is 35.0 Å². The summed E-state index contributed by atoms with van der Waals surface area (Å²) < 4.78 is 0. The number of hydrogen-bond donors (Lipinski definition) is 2. The Morgan fingerprint density at radius 3 is 2.43 bits per heavy atom. The molecular weight excluding hydrogens is 268 g/mol. The quantitative estimate of drug-likeness (QED) is 0.866. The molecule has 1 atom stereocenters. The van der Waals surface area contributed by atoms with E-state index in [4.69, 9.17) is 10.8 Å². The van der Waals surface area contributed by atoms with E-state index in [1.54, 1.807) is 4.90 Å². The van der Waals surface area contributed by atoms with Gasteiger partial charge >= 0.3 is 5.97 Å². The number of carbonyl (C=O) groups is 2. The summed E-state index contributed by atoms with van der Waals surface area (Å²) in [6.45, 7) is 1.08. The summed E-state index contributed by atoms with van der Waals surface area (Å²) >= 11 is 0. The second kappa shape index (κ2) is 7.22. The third kappa shape index (κ3) is 4.29. The number of amides is 1. The highest BCUT2D eigenvalue weighted by molar-refractivity contribution is 5.77. The predicted octanol–water partition coefficient (Wildman–Crippen LogP) is 1.79. The van der Waals surface area contributed by atoms with Crippen LogP contribution in [0.4, 0.5) is 0 Å². The maximum absolute atomic E-state index is 12.1. The Balaban J connectivity index is 1.76. The van der Waals surface area contributed by atoms with Gasteiger partial charge < -0.3 is 15.7 Å². The molecule has 0 saturated carbocycles. The first-order chi connectivity index (χ1) is 10.1. The summed E-state index contributed by atoms with van der Waals surface area (Å²) in [4.78, 5) is 24.8. The summed E-state index contributed by atoms with van der Waals surface area (Å²) in [6, 6.07) is 9.61. The molecule has 1 aromatic carbocycles. The fourth-order valence-electron chi connectivity index (χ4n) is 2.68. The number of hydrogen-bond acceptors (Lipinski definition) is 3. The minimum atomic E-state index is -0.756. The van der Waals surface area contributed by atoms with Crippen LogP contribution < -0.4 is 5.73 Å². The lowest BCUT2D eigenvalue weighted by molar-refractivity contribution is -0.145. The number of benzene rings is 1. The maximum Gasteiger partial charge on any atom is 0.306 e. The van der Waals surface area contributed by atoms with Crippen molar-refractivity contribution in [1.29, 1.82) is 0 Å². The number of piperidine rings is 1. The van der Waals surface area contributed by atoms with Crippen molar-refractivity contribution in [3.05, 3.63) is 35.9 Å². The maximum atomic E-state index is 12.1. The number of nitrogens with two attached hydrogens (primary N) is 1. The third-order valence-corrected chi connectivity index (χ3v) is 4.09. The van der Waals surface area contributed by atoms with Gasteiger partial charge in [-0.05, 0) is 24.8 Å². The van der Waals surface area contributed by atoms with E-state index in [2.05, 4.69) is 0 Å². The summed E-state index contributed by atoms with van der Waals surface area (Å²) in [5.41, 5.74) is 7.12. The van der Waals surface area contributed by atoms with Gasteiger partial charge in [0, 0.05) is 25.6 Å². The minimum absolute atomic E-state index is 0.0743. The fraction of sp³-hybridized carbons (Fsp3) is 0.500. The molecule has 114 valence electrons. The highest BCUT2D eigenvalue weighted by Gasteiger charge is 2.26. The zero-order valence-electron chi connectivity index (χ0n) is 12.1. The lowest BCUT2D eigenvalue weighted by atomic mass is 9.96. The van der Waals surface area contributed by atoms with Crippen molar-refractivity contribution in [1.82, 2.24) is 4.90 Å². The van der Waals surface area contributed by atoms with Gasteiger partial charge in [-0.2, -0.15) is 0 Å². The number of aliphatic carboxylic acids is 1. The molecule has 21 heavy (non-hydrogen) atoms. The van der Waals surface area contributed by atoms with E-state index in [1.807, 2.05) is 30.3 Å². The Bertz CT molecular complexity index is 482. The van der Waals surface area contributed by atoms with Crippen molar-refractivity contribution in [2.45, 2.75) is 31.7 Å². The van der Waals surface area contributed by atoms with Gasteiger partial charge in [0.1, 0.15) is 0 Å². The molecule has 0 aliphatic carbocycles. The molecule has 1 aromatic rings.